The van der Waals surface area contributed by atoms with E-state index in [1.54, 1.807) is 0 Å². The molecule has 0 amide bonds. The number of ether oxygens (including phenoxy) is 1. The van der Waals surface area contributed by atoms with Gasteiger partial charge >= 0.3 is 0 Å². The third kappa shape index (κ3) is 6.62. The highest BCUT2D eigenvalue weighted by molar-refractivity contribution is 5.44. The quantitative estimate of drug-likeness (QED) is 0.646. The molecule has 0 spiro atoms. The molecule has 102 valence electrons. The van der Waals surface area contributed by atoms with Gasteiger partial charge in [-0.1, -0.05) is 31.5 Å². The van der Waals surface area contributed by atoms with Crippen LogP contribution in [0, 0.1) is 0 Å². The molecule has 18 heavy (non-hydrogen) atoms. The Hall–Kier alpha value is -1.06. The molecule has 1 aromatic carbocycles. The SMILES string of the molecule is CCCCOCCNCCN(C)c1ccccc1. The maximum absolute atomic E-state index is 5.49. The van der Waals surface area contributed by atoms with Crippen LogP contribution in [-0.4, -0.2) is 39.9 Å². The predicted molar refractivity (Wildman–Crippen MR) is 78.3 cm³/mol. The number of likely N-dealkylation sites (N-methyl/N-ethyl adjacent to an activating group) is 1. The smallest absolute Gasteiger partial charge is 0.0590 e. The van der Waals surface area contributed by atoms with Crippen molar-refractivity contribution in [2.24, 2.45) is 0 Å². The molecule has 0 atom stereocenters. The van der Waals surface area contributed by atoms with E-state index in [1.807, 2.05) is 6.07 Å². The minimum absolute atomic E-state index is 0.815. The maximum Gasteiger partial charge on any atom is 0.0590 e. The highest BCUT2D eigenvalue weighted by Crippen LogP contribution is 2.09. The second kappa shape index (κ2) is 9.92. The number of anilines is 1. The molecule has 1 N–H and O–H groups in total. The maximum atomic E-state index is 5.49. The van der Waals surface area contributed by atoms with Crippen molar-refractivity contribution in [2.45, 2.75) is 19.8 Å². The summed E-state index contributed by atoms with van der Waals surface area (Å²) < 4.78 is 5.49. The first-order valence-corrected chi connectivity index (χ1v) is 6.89. The topological polar surface area (TPSA) is 24.5 Å². The first-order valence-electron chi connectivity index (χ1n) is 6.89. The van der Waals surface area contributed by atoms with Crippen molar-refractivity contribution < 1.29 is 4.74 Å². The Morgan fingerprint density at radius 3 is 2.61 bits per heavy atom. The fourth-order valence-corrected chi connectivity index (χ4v) is 1.68. The van der Waals surface area contributed by atoms with Gasteiger partial charge in [-0.2, -0.15) is 0 Å². The number of hydrogen-bond acceptors (Lipinski definition) is 3. The number of hydrogen-bond donors (Lipinski definition) is 1. The summed E-state index contributed by atoms with van der Waals surface area (Å²) in [5, 5.41) is 3.40. The van der Waals surface area contributed by atoms with E-state index < -0.39 is 0 Å². The zero-order valence-corrected chi connectivity index (χ0v) is 11.7. The Morgan fingerprint density at radius 2 is 1.89 bits per heavy atom. The van der Waals surface area contributed by atoms with Crippen molar-refractivity contribution in [1.82, 2.24) is 5.32 Å². The normalized spacial score (nSPS) is 10.6. The Labute approximate surface area is 111 Å². The summed E-state index contributed by atoms with van der Waals surface area (Å²) in [7, 11) is 2.12. The van der Waals surface area contributed by atoms with E-state index in [1.165, 1.54) is 12.1 Å². The number of unbranched alkanes of at least 4 members (excludes halogenated alkanes) is 1. The third-order valence-electron chi connectivity index (χ3n) is 2.89. The third-order valence-corrected chi connectivity index (χ3v) is 2.89. The molecule has 0 aromatic heterocycles. The van der Waals surface area contributed by atoms with Crippen molar-refractivity contribution >= 4 is 5.69 Å². The molecule has 1 aromatic rings. The van der Waals surface area contributed by atoms with E-state index in [0.29, 0.717) is 0 Å². The van der Waals surface area contributed by atoms with Gasteiger partial charge in [0.1, 0.15) is 0 Å². The van der Waals surface area contributed by atoms with Gasteiger partial charge in [0, 0.05) is 39.0 Å². The summed E-state index contributed by atoms with van der Waals surface area (Å²) in [5.41, 5.74) is 1.26. The Bertz CT molecular complexity index is 290. The molecule has 1 rings (SSSR count). The molecule has 0 aliphatic rings. The van der Waals surface area contributed by atoms with Gasteiger partial charge in [-0.25, -0.2) is 0 Å². The van der Waals surface area contributed by atoms with Crippen molar-refractivity contribution in [2.75, 3.05) is 44.8 Å². The first kappa shape index (κ1) is 15.0. The molecular weight excluding hydrogens is 224 g/mol. The average Bonchev–Trinajstić information content (AvgIpc) is 2.42. The lowest BCUT2D eigenvalue weighted by atomic mass is 10.3. The highest BCUT2D eigenvalue weighted by atomic mass is 16.5. The molecule has 0 aliphatic heterocycles. The lowest BCUT2D eigenvalue weighted by Gasteiger charge is -2.19. The van der Waals surface area contributed by atoms with Crippen LogP contribution in [-0.2, 0) is 4.74 Å². The van der Waals surface area contributed by atoms with E-state index in [-0.39, 0.29) is 0 Å². The van der Waals surface area contributed by atoms with Crippen molar-refractivity contribution in [1.29, 1.82) is 0 Å². The first-order chi connectivity index (χ1) is 8.84. The monoisotopic (exact) mass is 250 g/mol. The minimum atomic E-state index is 0.815. The van der Waals surface area contributed by atoms with Crippen LogP contribution in [0.2, 0.25) is 0 Å². The van der Waals surface area contributed by atoms with E-state index >= 15 is 0 Å². The molecule has 0 unspecified atom stereocenters. The summed E-state index contributed by atoms with van der Waals surface area (Å²) in [6.45, 7) is 6.83. The van der Waals surface area contributed by atoms with Gasteiger partial charge in [-0.15, -0.1) is 0 Å². The average molecular weight is 250 g/mol. The largest absolute Gasteiger partial charge is 0.380 e. The molecule has 0 saturated heterocycles. The van der Waals surface area contributed by atoms with E-state index in [4.69, 9.17) is 4.74 Å². The van der Waals surface area contributed by atoms with Gasteiger partial charge in [0.2, 0.25) is 0 Å². The standard InChI is InChI=1S/C15H26N2O/c1-3-4-13-18-14-11-16-10-12-17(2)15-8-6-5-7-9-15/h5-9,16H,3-4,10-14H2,1-2H3. The van der Waals surface area contributed by atoms with Gasteiger partial charge in [-0.05, 0) is 18.6 Å². The predicted octanol–water partition coefficient (Wildman–Crippen LogP) is 2.53. The van der Waals surface area contributed by atoms with Crippen LogP contribution in [0.1, 0.15) is 19.8 Å². The summed E-state index contributed by atoms with van der Waals surface area (Å²) in [6.07, 6.45) is 2.37. The lowest BCUT2D eigenvalue weighted by molar-refractivity contribution is 0.133. The number of nitrogens with one attached hydrogen (secondary N) is 1. The summed E-state index contributed by atoms with van der Waals surface area (Å²) in [4.78, 5) is 2.25. The second-order valence-electron chi connectivity index (χ2n) is 4.47. The van der Waals surface area contributed by atoms with Crippen LogP contribution in [0.3, 0.4) is 0 Å². The van der Waals surface area contributed by atoms with Crippen LogP contribution in [0.15, 0.2) is 30.3 Å². The number of nitrogens with zero attached hydrogens (tertiary/aromatic N) is 1. The fraction of sp³-hybridized carbons (Fsp3) is 0.600. The number of para-hydroxylation sites is 1. The number of rotatable bonds is 10. The highest BCUT2D eigenvalue weighted by Gasteiger charge is 1.98. The van der Waals surface area contributed by atoms with Crippen LogP contribution < -0.4 is 10.2 Å². The Balaban J connectivity index is 1.98. The Morgan fingerprint density at radius 1 is 1.11 bits per heavy atom. The summed E-state index contributed by atoms with van der Waals surface area (Å²) >= 11 is 0. The molecule has 0 fully saturated rings. The van der Waals surface area contributed by atoms with Gasteiger partial charge < -0.3 is 15.0 Å². The summed E-state index contributed by atoms with van der Waals surface area (Å²) in [6, 6.07) is 10.5. The van der Waals surface area contributed by atoms with Crippen LogP contribution in [0.4, 0.5) is 5.69 Å². The molecule has 0 bridgehead atoms. The zero-order chi connectivity index (χ0) is 13.1. The molecule has 0 heterocycles. The van der Waals surface area contributed by atoms with Crippen LogP contribution >= 0.6 is 0 Å². The molecule has 0 aliphatic carbocycles. The second-order valence-corrected chi connectivity index (χ2v) is 4.47. The van der Waals surface area contributed by atoms with E-state index in [0.717, 1.165) is 39.3 Å². The molecule has 3 nitrogen and oxygen atoms in total. The number of benzene rings is 1. The summed E-state index contributed by atoms with van der Waals surface area (Å²) in [5.74, 6) is 0. The molecular formula is C15H26N2O. The van der Waals surface area contributed by atoms with Crippen molar-refractivity contribution in [3.8, 4) is 0 Å². The van der Waals surface area contributed by atoms with Gasteiger partial charge in [-0.3, -0.25) is 0 Å². The van der Waals surface area contributed by atoms with E-state index in [2.05, 4.69) is 48.5 Å². The molecule has 0 saturated carbocycles. The zero-order valence-electron chi connectivity index (χ0n) is 11.7. The van der Waals surface area contributed by atoms with Crippen LogP contribution in [0.5, 0.6) is 0 Å². The van der Waals surface area contributed by atoms with Crippen molar-refractivity contribution in [3.63, 3.8) is 0 Å². The van der Waals surface area contributed by atoms with Crippen molar-refractivity contribution in [3.05, 3.63) is 30.3 Å². The molecule has 3 heteroatoms. The van der Waals surface area contributed by atoms with Gasteiger partial charge in [0.05, 0.1) is 6.61 Å². The minimum Gasteiger partial charge on any atom is -0.380 e. The Kier molecular flexibility index (Phi) is 8.26. The van der Waals surface area contributed by atoms with Crippen LogP contribution in [0.25, 0.3) is 0 Å². The lowest BCUT2D eigenvalue weighted by Crippen LogP contribution is -2.31. The fourth-order valence-electron chi connectivity index (χ4n) is 1.68. The van der Waals surface area contributed by atoms with E-state index in [9.17, 15) is 0 Å². The van der Waals surface area contributed by atoms with Gasteiger partial charge in [0.15, 0.2) is 0 Å². The van der Waals surface area contributed by atoms with Gasteiger partial charge in [0.25, 0.3) is 0 Å². The molecule has 0 radical (unpaired) electrons.